The Kier molecular flexibility index (Phi) is 5.08. The second-order valence-electron chi connectivity index (χ2n) is 8.04. The van der Waals surface area contributed by atoms with Crippen LogP contribution in [-0.2, 0) is 0 Å². The van der Waals surface area contributed by atoms with Crippen LogP contribution in [0.25, 0.3) is 6.08 Å². The maximum Gasteiger partial charge on any atom is 0.269 e. The molecular formula is C26H23N3O2. The van der Waals surface area contributed by atoms with Gasteiger partial charge in [0.05, 0.1) is 22.4 Å². The van der Waals surface area contributed by atoms with Gasteiger partial charge in [0.25, 0.3) is 5.69 Å². The summed E-state index contributed by atoms with van der Waals surface area (Å²) in [5.74, 6) is 0.320. The summed E-state index contributed by atoms with van der Waals surface area (Å²) in [6, 6.07) is 27.9. The minimum absolute atomic E-state index is 0.112. The number of nitro groups is 1. The summed E-state index contributed by atoms with van der Waals surface area (Å²) >= 11 is 0. The second kappa shape index (κ2) is 8.19. The number of non-ortho nitro benzene ring substituents is 1. The van der Waals surface area contributed by atoms with Crippen LogP contribution in [0.1, 0.15) is 36.4 Å². The molecule has 5 nitrogen and oxygen atoms in total. The average molecular weight is 409 g/mol. The maximum absolute atomic E-state index is 11.0. The van der Waals surface area contributed by atoms with Crippen molar-refractivity contribution in [2.75, 3.05) is 5.01 Å². The number of hydrazone groups is 1. The lowest BCUT2D eigenvalue weighted by Gasteiger charge is -2.30. The molecule has 0 aromatic heterocycles. The van der Waals surface area contributed by atoms with Gasteiger partial charge in [-0.15, -0.1) is 0 Å². The number of fused-ring (bicyclic) bond motifs is 1. The average Bonchev–Trinajstić information content (AvgIpc) is 3.21. The van der Waals surface area contributed by atoms with Gasteiger partial charge in [0.1, 0.15) is 0 Å². The van der Waals surface area contributed by atoms with Crippen molar-refractivity contribution in [2.45, 2.75) is 25.3 Å². The third kappa shape index (κ3) is 3.75. The molecule has 0 radical (unpaired) electrons. The molecule has 2 aliphatic rings. The van der Waals surface area contributed by atoms with E-state index in [4.69, 9.17) is 5.10 Å². The normalized spacial score (nSPS) is 21.6. The van der Waals surface area contributed by atoms with Crippen molar-refractivity contribution in [1.82, 2.24) is 0 Å². The highest BCUT2D eigenvalue weighted by Gasteiger charge is 2.41. The Bertz CT molecular complexity index is 1140. The number of hydrogen-bond acceptors (Lipinski definition) is 4. The molecule has 5 rings (SSSR count). The smallest absolute Gasteiger partial charge is 0.258 e. The zero-order valence-corrected chi connectivity index (χ0v) is 17.1. The van der Waals surface area contributed by atoms with E-state index in [1.807, 2.05) is 36.4 Å². The molecule has 3 aromatic carbocycles. The predicted octanol–water partition coefficient (Wildman–Crippen LogP) is 6.40. The van der Waals surface area contributed by atoms with Gasteiger partial charge in [0.2, 0.25) is 0 Å². The topological polar surface area (TPSA) is 58.7 Å². The fourth-order valence-corrected chi connectivity index (χ4v) is 4.67. The zero-order chi connectivity index (χ0) is 21.2. The summed E-state index contributed by atoms with van der Waals surface area (Å²) in [5.41, 5.74) is 5.81. The van der Waals surface area contributed by atoms with E-state index < -0.39 is 0 Å². The fourth-order valence-electron chi connectivity index (χ4n) is 4.67. The molecule has 0 bridgehead atoms. The van der Waals surface area contributed by atoms with Gasteiger partial charge in [-0.1, -0.05) is 48.5 Å². The van der Waals surface area contributed by atoms with Gasteiger partial charge in [-0.05, 0) is 66.3 Å². The molecule has 5 heteroatoms. The van der Waals surface area contributed by atoms with E-state index in [9.17, 15) is 10.1 Å². The maximum atomic E-state index is 11.0. The Morgan fingerprint density at radius 2 is 1.61 bits per heavy atom. The van der Waals surface area contributed by atoms with Gasteiger partial charge in [0.15, 0.2) is 0 Å². The number of nitrogens with zero attached hydrogens (tertiary/aromatic N) is 3. The summed E-state index contributed by atoms with van der Waals surface area (Å²) in [4.78, 5) is 10.6. The summed E-state index contributed by atoms with van der Waals surface area (Å²) in [6.07, 6.45) is 5.31. The number of anilines is 1. The van der Waals surface area contributed by atoms with Gasteiger partial charge in [-0.3, -0.25) is 15.1 Å². The molecule has 0 spiro atoms. The second-order valence-corrected chi connectivity index (χ2v) is 8.04. The monoisotopic (exact) mass is 409 g/mol. The highest BCUT2D eigenvalue weighted by molar-refractivity contribution is 6.08. The zero-order valence-electron chi connectivity index (χ0n) is 17.1. The fraction of sp³-hybridized carbons (Fsp3) is 0.192. The van der Waals surface area contributed by atoms with Crippen molar-refractivity contribution >= 4 is 23.2 Å². The van der Waals surface area contributed by atoms with E-state index >= 15 is 0 Å². The third-order valence-corrected chi connectivity index (χ3v) is 6.11. The van der Waals surface area contributed by atoms with Crippen LogP contribution in [0, 0.1) is 16.0 Å². The first-order valence-corrected chi connectivity index (χ1v) is 10.6. The molecule has 154 valence electrons. The Hall–Kier alpha value is -3.73. The largest absolute Gasteiger partial charge is 0.269 e. The number of rotatable bonds is 4. The quantitative estimate of drug-likeness (QED) is 0.370. The standard InChI is InChI=1S/C26H23N3O2/c30-29(31)23-16-14-19(15-17-23)18-21-10-7-13-24-25(21)27-28(22-11-5-2-6-12-22)26(24)20-8-3-1-4-9-20/h1-6,8-9,11-12,14-18,24,26H,7,10,13H2. The molecule has 0 saturated heterocycles. The Balaban J connectivity index is 1.55. The van der Waals surface area contributed by atoms with Crippen molar-refractivity contribution < 1.29 is 4.92 Å². The van der Waals surface area contributed by atoms with Crippen LogP contribution >= 0.6 is 0 Å². The van der Waals surface area contributed by atoms with Crippen LogP contribution < -0.4 is 5.01 Å². The van der Waals surface area contributed by atoms with Crippen LogP contribution in [0.15, 0.2) is 95.6 Å². The van der Waals surface area contributed by atoms with Crippen LogP contribution in [0.3, 0.4) is 0 Å². The van der Waals surface area contributed by atoms with Gasteiger partial charge < -0.3 is 0 Å². The van der Waals surface area contributed by atoms with Crippen LogP contribution in [0.4, 0.5) is 11.4 Å². The van der Waals surface area contributed by atoms with Crippen molar-refractivity contribution in [1.29, 1.82) is 0 Å². The Labute approximate surface area is 181 Å². The van der Waals surface area contributed by atoms with E-state index in [2.05, 4.69) is 47.5 Å². The van der Waals surface area contributed by atoms with Crippen LogP contribution in [0.5, 0.6) is 0 Å². The van der Waals surface area contributed by atoms with Gasteiger partial charge in [0, 0.05) is 18.1 Å². The number of nitro benzene ring substituents is 1. The minimum atomic E-state index is -0.364. The number of para-hydroxylation sites is 1. The highest BCUT2D eigenvalue weighted by Crippen LogP contribution is 2.46. The highest BCUT2D eigenvalue weighted by atomic mass is 16.6. The summed E-state index contributed by atoms with van der Waals surface area (Å²) in [5, 5.41) is 18.3. The van der Waals surface area contributed by atoms with Gasteiger partial charge >= 0.3 is 0 Å². The van der Waals surface area contributed by atoms with Gasteiger partial charge in [-0.2, -0.15) is 5.10 Å². The van der Waals surface area contributed by atoms with E-state index in [-0.39, 0.29) is 16.7 Å². The van der Waals surface area contributed by atoms with Crippen LogP contribution in [-0.4, -0.2) is 10.6 Å². The van der Waals surface area contributed by atoms with E-state index in [0.29, 0.717) is 5.92 Å². The van der Waals surface area contributed by atoms with Crippen molar-refractivity contribution in [3.05, 3.63) is 112 Å². The van der Waals surface area contributed by atoms with Crippen molar-refractivity contribution in [3.8, 4) is 0 Å². The first-order chi connectivity index (χ1) is 15.2. The lowest BCUT2D eigenvalue weighted by Crippen LogP contribution is -2.28. The lowest BCUT2D eigenvalue weighted by molar-refractivity contribution is -0.384. The predicted molar refractivity (Wildman–Crippen MR) is 124 cm³/mol. The number of benzene rings is 3. The minimum Gasteiger partial charge on any atom is -0.258 e. The van der Waals surface area contributed by atoms with Gasteiger partial charge in [-0.25, -0.2) is 0 Å². The third-order valence-electron chi connectivity index (χ3n) is 6.11. The van der Waals surface area contributed by atoms with Crippen LogP contribution in [0.2, 0.25) is 0 Å². The molecule has 0 amide bonds. The number of allylic oxidation sites excluding steroid dienone is 1. The summed E-state index contributed by atoms with van der Waals surface area (Å²) < 4.78 is 0. The molecule has 2 unspecified atom stereocenters. The first-order valence-electron chi connectivity index (χ1n) is 10.6. The van der Waals surface area contributed by atoms with Crippen molar-refractivity contribution in [2.24, 2.45) is 11.0 Å². The first kappa shape index (κ1) is 19.2. The molecule has 1 fully saturated rings. The number of hydrogen-bond donors (Lipinski definition) is 0. The molecule has 0 N–H and O–H groups in total. The Morgan fingerprint density at radius 3 is 2.29 bits per heavy atom. The molecule has 1 aliphatic heterocycles. The molecule has 31 heavy (non-hydrogen) atoms. The molecular weight excluding hydrogens is 386 g/mol. The van der Waals surface area contributed by atoms with E-state index in [1.54, 1.807) is 12.1 Å². The van der Waals surface area contributed by atoms with E-state index in [0.717, 1.165) is 36.2 Å². The summed E-state index contributed by atoms with van der Waals surface area (Å²) in [7, 11) is 0. The molecule has 1 aliphatic carbocycles. The molecule has 2 atom stereocenters. The lowest BCUT2D eigenvalue weighted by atomic mass is 9.77. The Morgan fingerprint density at radius 1 is 0.935 bits per heavy atom. The molecule has 1 heterocycles. The molecule has 3 aromatic rings. The summed E-state index contributed by atoms with van der Waals surface area (Å²) in [6.45, 7) is 0. The molecule has 1 saturated carbocycles. The van der Waals surface area contributed by atoms with Crippen molar-refractivity contribution in [3.63, 3.8) is 0 Å². The van der Waals surface area contributed by atoms with E-state index in [1.165, 1.54) is 11.1 Å². The SMILES string of the molecule is O=[N+]([O-])c1ccc(C=C2CCCC3C2=NN(c2ccccc2)C3c2ccccc2)cc1.